The second kappa shape index (κ2) is 7.55. The highest BCUT2D eigenvalue weighted by Gasteiger charge is 2.05. The van der Waals surface area contributed by atoms with Crippen molar-refractivity contribution in [1.29, 1.82) is 0 Å². The van der Waals surface area contributed by atoms with Gasteiger partial charge in [0.05, 0.1) is 13.0 Å². The number of esters is 1. The van der Waals surface area contributed by atoms with E-state index in [1.54, 1.807) is 7.11 Å². The van der Waals surface area contributed by atoms with Crippen molar-refractivity contribution in [3.05, 3.63) is 0 Å². The first-order valence-corrected chi connectivity index (χ1v) is 4.90. The molecule has 4 heteroatoms. The van der Waals surface area contributed by atoms with Gasteiger partial charge >= 0.3 is 5.97 Å². The van der Waals surface area contributed by atoms with Crippen LogP contribution in [0.15, 0.2) is 0 Å². The average Bonchev–Trinajstić information content (AvgIpc) is 2.10. The maximum Gasteiger partial charge on any atom is 0.308 e. The number of alkyl halides is 1. The lowest BCUT2D eigenvalue weighted by molar-refractivity contribution is -0.144. The van der Waals surface area contributed by atoms with Gasteiger partial charge in [-0.15, -0.1) is 0 Å². The van der Waals surface area contributed by atoms with Gasteiger partial charge in [0.1, 0.15) is 6.61 Å². The molecule has 12 heavy (non-hydrogen) atoms. The number of ether oxygens (including phenoxy) is 2. The van der Waals surface area contributed by atoms with Crippen molar-refractivity contribution in [2.75, 3.05) is 20.3 Å². The highest BCUT2D eigenvalue weighted by Crippen LogP contribution is 2.04. The molecule has 0 aromatic rings. The van der Waals surface area contributed by atoms with Crippen LogP contribution in [0, 0.1) is 0 Å². The van der Waals surface area contributed by atoms with E-state index >= 15 is 0 Å². The first kappa shape index (κ1) is 11.9. The Labute approximate surface area is 81.6 Å². The molecule has 0 rings (SSSR count). The molecule has 0 radical (unpaired) electrons. The number of carbonyl (C=O) groups excluding carboxylic acids is 1. The van der Waals surface area contributed by atoms with Crippen molar-refractivity contribution in [3.63, 3.8) is 0 Å². The predicted molar refractivity (Wildman–Crippen MR) is 50.5 cm³/mol. The molecule has 0 aliphatic heterocycles. The fourth-order valence-electron chi connectivity index (χ4n) is 0.559. The van der Waals surface area contributed by atoms with Crippen LogP contribution < -0.4 is 0 Å². The quantitative estimate of drug-likeness (QED) is 0.523. The SMILES string of the molecule is CCC(Br)COC(=O)CCOC. The number of carbonyl (C=O) groups is 1. The second-order valence-electron chi connectivity index (χ2n) is 2.43. The molecular formula is C8H15BrO3. The molecule has 72 valence electrons. The lowest BCUT2D eigenvalue weighted by atomic mass is 10.3. The topological polar surface area (TPSA) is 35.5 Å². The molecule has 0 N–H and O–H groups in total. The number of halogens is 1. The monoisotopic (exact) mass is 238 g/mol. The Hall–Kier alpha value is -0.0900. The maximum absolute atomic E-state index is 10.9. The molecule has 0 fully saturated rings. The highest BCUT2D eigenvalue weighted by atomic mass is 79.9. The standard InChI is InChI=1S/C8H15BrO3/c1-3-7(9)6-12-8(10)4-5-11-2/h7H,3-6H2,1-2H3. The van der Waals surface area contributed by atoms with Gasteiger partial charge in [-0.25, -0.2) is 0 Å². The minimum atomic E-state index is -0.199. The van der Waals surface area contributed by atoms with E-state index in [0.29, 0.717) is 19.6 Å². The molecule has 0 saturated carbocycles. The Balaban J connectivity index is 3.31. The Morgan fingerprint density at radius 2 is 2.25 bits per heavy atom. The minimum absolute atomic E-state index is 0.199. The van der Waals surface area contributed by atoms with E-state index in [9.17, 15) is 4.79 Å². The van der Waals surface area contributed by atoms with Crippen LogP contribution in [0.2, 0.25) is 0 Å². The van der Waals surface area contributed by atoms with Crippen LogP contribution in [0.3, 0.4) is 0 Å². The van der Waals surface area contributed by atoms with Crippen LogP contribution in [-0.4, -0.2) is 31.1 Å². The summed E-state index contributed by atoms with van der Waals surface area (Å²) in [6.07, 6.45) is 1.29. The van der Waals surface area contributed by atoms with Gasteiger partial charge in [-0.05, 0) is 6.42 Å². The van der Waals surface area contributed by atoms with Crippen LogP contribution in [0.5, 0.6) is 0 Å². The van der Waals surface area contributed by atoms with Gasteiger partial charge in [-0.3, -0.25) is 4.79 Å². The van der Waals surface area contributed by atoms with E-state index < -0.39 is 0 Å². The van der Waals surface area contributed by atoms with Gasteiger partial charge in [0.15, 0.2) is 0 Å². The molecule has 0 aromatic carbocycles. The van der Waals surface area contributed by atoms with Crippen LogP contribution in [0.1, 0.15) is 19.8 Å². The highest BCUT2D eigenvalue weighted by molar-refractivity contribution is 9.09. The number of rotatable bonds is 6. The Morgan fingerprint density at radius 1 is 1.58 bits per heavy atom. The van der Waals surface area contributed by atoms with E-state index in [4.69, 9.17) is 9.47 Å². The summed E-state index contributed by atoms with van der Waals surface area (Å²) in [4.78, 5) is 11.2. The van der Waals surface area contributed by atoms with E-state index in [2.05, 4.69) is 15.9 Å². The summed E-state index contributed by atoms with van der Waals surface area (Å²) in [7, 11) is 1.56. The fourth-order valence-corrected chi connectivity index (χ4v) is 0.691. The molecule has 0 heterocycles. The van der Waals surface area contributed by atoms with Gasteiger partial charge in [-0.1, -0.05) is 22.9 Å². The summed E-state index contributed by atoms with van der Waals surface area (Å²) in [5, 5.41) is 0. The Kier molecular flexibility index (Phi) is 7.50. The van der Waals surface area contributed by atoms with Gasteiger partial charge in [-0.2, -0.15) is 0 Å². The summed E-state index contributed by atoms with van der Waals surface area (Å²) < 4.78 is 9.66. The molecule has 0 aliphatic carbocycles. The average molecular weight is 239 g/mol. The maximum atomic E-state index is 10.9. The van der Waals surface area contributed by atoms with Gasteiger partial charge in [0, 0.05) is 11.9 Å². The number of hydrogen-bond acceptors (Lipinski definition) is 3. The van der Waals surface area contributed by atoms with Crippen LogP contribution in [0.4, 0.5) is 0 Å². The molecule has 0 saturated heterocycles. The van der Waals surface area contributed by atoms with Crippen molar-refractivity contribution in [2.45, 2.75) is 24.6 Å². The molecular weight excluding hydrogens is 224 g/mol. The van der Waals surface area contributed by atoms with E-state index in [1.165, 1.54) is 0 Å². The van der Waals surface area contributed by atoms with Crippen LogP contribution in [0.25, 0.3) is 0 Å². The third-order valence-electron chi connectivity index (χ3n) is 1.38. The summed E-state index contributed by atoms with van der Waals surface area (Å²) >= 11 is 3.36. The first-order valence-electron chi connectivity index (χ1n) is 3.99. The van der Waals surface area contributed by atoms with E-state index in [0.717, 1.165) is 6.42 Å². The van der Waals surface area contributed by atoms with Crippen LogP contribution in [-0.2, 0) is 14.3 Å². The largest absolute Gasteiger partial charge is 0.464 e. The lowest BCUT2D eigenvalue weighted by Gasteiger charge is -2.07. The molecule has 1 atom stereocenters. The zero-order chi connectivity index (χ0) is 9.40. The predicted octanol–water partition coefficient (Wildman–Crippen LogP) is 1.74. The van der Waals surface area contributed by atoms with Crippen molar-refractivity contribution < 1.29 is 14.3 Å². The fraction of sp³-hybridized carbons (Fsp3) is 0.875. The molecule has 0 bridgehead atoms. The molecule has 1 unspecified atom stereocenters. The van der Waals surface area contributed by atoms with Crippen molar-refractivity contribution >= 4 is 21.9 Å². The Morgan fingerprint density at radius 3 is 2.75 bits per heavy atom. The molecule has 3 nitrogen and oxygen atoms in total. The molecule has 0 aliphatic rings. The number of hydrogen-bond donors (Lipinski definition) is 0. The summed E-state index contributed by atoms with van der Waals surface area (Å²) in [6, 6.07) is 0. The Bertz CT molecular complexity index is 127. The van der Waals surface area contributed by atoms with E-state index in [-0.39, 0.29) is 10.8 Å². The summed E-state index contributed by atoms with van der Waals surface area (Å²) in [5.41, 5.74) is 0. The number of methoxy groups -OCH3 is 1. The smallest absolute Gasteiger partial charge is 0.308 e. The lowest BCUT2D eigenvalue weighted by Crippen LogP contribution is -2.14. The minimum Gasteiger partial charge on any atom is -0.464 e. The third kappa shape index (κ3) is 6.61. The van der Waals surface area contributed by atoms with Crippen molar-refractivity contribution in [3.8, 4) is 0 Å². The van der Waals surface area contributed by atoms with Gasteiger partial charge in [0.25, 0.3) is 0 Å². The summed E-state index contributed by atoms with van der Waals surface area (Å²) in [5.74, 6) is -0.199. The van der Waals surface area contributed by atoms with Crippen molar-refractivity contribution in [1.82, 2.24) is 0 Å². The zero-order valence-electron chi connectivity index (χ0n) is 7.51. The first-order chi connectivity index (χ1) is 5.70. The molecule has 0 spiro atoms. The molecule has 0 amide bonds. The zero-order valence-corrected chi connectivity index (χ0v) is 9.09. The molecule has 0 aromatic heterocycles. The summed E-state index contributed by atoms with van der Waals surface area (Å²) in [6.45, 7) is 2.90. The van der Waals surface area contributed by atoms with Gasteiger partial charge in [0.2, 0.25) is 0 Å². The normalized spacial score (nSPS) is 12.6. The van der Waals surface area contributed by atoms with Crippen molar-refractivity contribution in [2.24, 2.45) is 0 Å². The van der Waals surface area contributed by atoms with Gasteiger partial charge < -0.3 is 9.47 Å². The third-order valence-corrected chi connectivity index (χ3v) is 2.29. The van der Waals surface area contributed by atoms with E-state index in [1.807, 2.05) is 6.92 Å². The van der Waals surface area contributed by atoms with Crippen LogP contribution >= 0.6 is 15.9 Å². The second-order valence-corrected chi connectivity index (χ2v) is 3.73.